The van der Waals surface area contributed by atoms with Gasteiger partial charge in [-0.2, -0.15) is 0 Å². The normalized spacial score (nSPS) is 11.3. The fourth-order valence-electron chi connectivity index (χ4n) is 2.64. The Kier molecular flexibility index (Phi) is 7.33. The van der Waals surface area contributed by atoms with Crippen molar-refractivity contribution in [1.29, 1.82) is 0 Å². The van der Waals surface area contributed by atoms with Crippen LogP contribution in [0.3, 0.4) is 0 Å². The number of rotatable bonds is 7. The fraction of sp³-hybridized carbons (Fsp3) is 0.318. The van der Waals surface area contributed by atoms with E-state index in [1.807, 2.05) is 41.1 Å². The number of nitrogens with zero attached hydrogens (tertiary/aromatic N) is 1. The number of hydrogen-bond donors (Lipinski definition) is 1. The van der Waals surface area contributed by atoms with Gasteiger partial charge in [0.05, 0.1) is 18.1 Å². The van der Waals surface area contributed by atoms with Crippen LogP contribution in [0.5, 0.6) is 0 Å². The molecule has 5 nitrogen and oxygen atoms in total. The SMILES string of the molecule is CCOC(=O)c1c(-c2ccccc2)csc1NC(=O)CSc1nc(C(C)(C)C)cs1. The third kappa shape index (κ3) is 5.50. The van der Waals surface area contributed by atoms with Crippen LogP contribution in [-0.4, -0.2) is 29.2 Å². The van der Waals surface area contributed by atoms with Crippen LogP contribution in [0.1, 0.15) is 43.7 Å². The summed E-state index contributed by atoms with van der Waals surface area (Å²) in [5.74, 6) is -0.396. The summed E-state index contributed by atoms with van der Waals surface area (Å²) >= 11 is 4.26. The van der Waals surface area contributed by atoms with Crippen LogP contribution in [-0.2, 0) is 14.9 Å². The molecule has 0 radical (unpaired) electrons. The van der Waals surface area contributed by atoms with Gasteiger partial charge in [0.15, 0.2) is 4.34 Å². The van der Waals surface area contributed by atoms with Crippen molar-refractivity contribution in [2.75, 3.05) is 17.7 Å². The van der Waals surface area contributed by atoms with Crippen molar-refractivity contribution < 1.29 is 14.3 Å². The Balaban J connectivity index is 1.74. The second kappa shape index (κ2) is 9.76. The van der Waals surface area contributed by atoms with E-state index in [2.05, 4.69) is 31.1 Å². The van der Waals surface area contributed by atoms with Gasteiger partial charge in [0.1, 0.15) is 10.6 Å². The van der Waals surface area contributed by atoms with Crippen molar-refractivity contribution in [2.24, 2.45) is 0 Å². The molecule has 0 saturated carbocycles. The second-order valence-corrected chi connectivity index (χ2v) is 10.5. The lowest BCUT2D eigenvalue weighted by atomic mass is 9.93. The molecule has 2 aromatic heterocycles. The Hall–Kier alpha value is -2.16. The average molecular weight is 461 g/mol. The number of hydrogen-bond acceptors (Lipinski definition) is 7. The summed E-state index contributed by atoms with van der Waals surface area (Å²) in [5, 5.41) is 7.30. The number of nitrogens with one attached hydrogen (secondary N) is 1. The topological polar surface area (TPSA) is 68.3 Å². The van der Waals surface area contributed by atoms with Crippen LogP contribution in [0.2, 0.25) is 0 Å². The van der Waals surface area contributed by atoms with E-state index in [9.17, 15) is 9.59 Å². The van der Waals surface area contributed by atoms with Crippen LogP contribution in [0.4, 0.5) is 5.00 Å². The highest BCUT2D eigenvalue weighted by Crippen LogP contribution is 2.36. The van der Waals surface area contributed by atoms with Gasteiger partial charge in [0.2, 0.25) is 5.91 Å². The minimum atomic E-state index is -0.435. The predicted octanol–water partition coefficient (Wildman–Crippen LogP) is 6.08. The van der Waals surface area contributed by atoms with E-state index in [1.54, 1.807) is 18.3 Å². The average Bonchev–Trinajstić information content (AvgIpc) is 3.34. The number of amides is 1. The van der Waals surface area contributed by atoms with Gasteiger partial charge in [-0.3, -0.25) is 4.79 Å². The van der Waals surface area contributed by atoms with Crippen molar-refractivity contribution in [3.8, 4) is 11.1 Å². The standard InChI is InChI=1S/C22H24N2O3S3/c1-5-27-20(26)18-15(14-9-7-6-8-10-14)11-28-19(18)24-17(25)13-30-21-23-16(12-29-21)22(2,3)4/h6-12H,5,13H2,1-4H3,(H,24,25). The molecule has 8 heteroatoms. The maximum absolute atomic E-state index is 12.6. The van der Waals surface area contributed by atoms with E-state index in [0.29, 0.717) is 10.6 Å². The highest BCUT2D eigenvalue weighted by atomic mass is 32.2. The summed E-state index contributed by atoms with van der Waals surface area (Å²) in [6, 6.07) is 9.61. The van der Waals surface area contributed by atoms with E-state index in [4.69, 9.17) is 4.74 Å². The largest absolute Gasteiger partial charge is 0.462 e. The molecule has 0 unspecified atom stereocenters. The number of carbonyl (C=O) groups excluding carboxylic acids is 2. The molecule has 0 bridgehead atoms. The first-order chi connectivity index (χ1) is 14.3. The fourth-order valence-corrected chi connectivity index (χ4v) is 5.47. The lowest BCUT2D eigenvalue weighted by Crippen LogP contribution is -2.16. The Labute approximate surface area is 188 Å². The Bertz CT molecular complexity index is 1020. The number of benzene rings is 1. The molecule has 0 aliphatic heterocycles. The van der Waals surface area contributed by atoms with E-state index in [-0.39, 0.29) is 23.7 Å². The summed E-state index contributed by atoms with van der Waals surface area (Å²) in [5.41, 5.74) is 3.07. The number of carbonyl (C=O) groups is 2. The minimum absolute atomic E-state index is 0.0169. The zero-order chi connectivity index (χ0) is 21.7. The Morgan fingerprint density at radius 1 is 1.13 bits per heavy atom. The van der Waals surface area contributed by atoms with Crippen LogP contribution in [0.15, 0.2) is 45.4 Å². The smallest absolute Gasteiger partial charge is 0.341 e. The number of ether oxygens (including phenoxy) is 1. The van der Waals surface area contributed by atoms with Crippen LogP contribution in [0.25, 0.3) is 11.1 Å². The van der Waals surface area contributed by atoms with Crippen LogP contribution >= 0.6 is 34.4 Å². The molecule has 1 amide bonds. The highest BCUT2D eigenvalue weighted by Gasteiger charge is 2.23. The van der Waals surface area contributed by atoms with Crippen molar-refractivity contribution >= 4 is 51.3 Å². The molecule has 0 fully saturated rings. The molecule has 0 aliphatic rings. The number of thiophene rings is 1. The van der Waals surface area contributed by atoms with E-state index in [1.165, 1.54) is 23.1 Å². The van der Waals surface area contributed by atoms with Crippen molar-refractivity contribution in [1.82, 2.24) is 4.98 Å². The maximum atomic E-state index is 12.6. The van der Waals surface area contributed by atoms with E-state index in [0.717, 1.165) is 21.2 Å². The van der Waals surface area contributed by atoms with E-state index < -0.39 is 5.97 Å². The predicted molar refractivity (Wildman–Crippen MR) is 126 cm³/mol. The first-order valence-electron chi connectivity index (χ1n) is 9.52. The number of aromatic nitrogens is 1. The Morgan fingerprint density at radius 2 is 1.87 bits per heavy atom. The van der Waals surface area contributed by atoms with Gasteiger partial charge in [-0.25, -0.2) is 9.78 Å². The molecule has 1 aromatic carbocycles. The number of esters is 1. The molecule has 3 aromatic rings. The van der Waals surface area contributed by atoms with Gasteiger partial charge in [0, 0.05) is 21.7 Å². The zero-order valence-electron chi connectivity index (χ0n) is 17.4. The monoisotopic (exact) mass is 460 g/mol. The summed E-state index contributed by atoms with van der Waals surface area (Å²) in [6.45, 7) is 8.37. The van der Waals surface area contributed by atoms with Gasteiger partial charge in [-0.15, -0.1) is 22.7 Å². The molecule has 2 heterocycles. The molecule has 0 saturated heterocycles. The number of thioether (sulfide) groups is 1. The van der Waals surface area contributed by atoms with Gasteiger partial charge in [-0.1, -0.05) is 62.9 Å². The zero-order valence-corrected chi connectivity index (χ0v) is 19.8. The third-order valence-corrected chi connectivity index (χ3v) is 7.10. The first-order valence-corrected chi connectivity index (χ1v) is 12.3. The molecule has 30 heavy (non-hydrogen) atoms. The summed E-state index contributed by atoms with van der Waals surface area (Å²) in [6.07, 6.45) is 0. The van der Waals surface area contributed by atoms with Gasteiger partial charge >= 0.3 is 5.97 Å². The van der Waals surface area contributed by atoms with Crippen LogP contribution in [0, 0.1) is 0 Å². The van der Waals surface area contributed by atoms with Crippen molar-refractivity contribution in [3.63, 3.8) is 0 Å². The molecular weight excluding hydrogens is 436 g/mol. The number of thiazole rings is 1. The molecule has 0 spiro atoms. The Morgan fingerprint density at radius 3 is 2.50 bits per heavy atom. The molecule has 158 valence electrons. The first kappa shape index (κ1) is 22.5. The quantitative estimate of drug-likeness (QED) is 0.342. The second-order valence-electron chi connectivity index (χ2n) is 7.53. The highest BCUT2D eigenvalue weighted by molar-refractivity contribution is 8.01. The minimum Gasteiger partial charge on any atom is -0.462 e. The van der Waals surface area contributed by atoms with E-state index >= 15 is 0 Å². The maximum Gasteiger partial charge on any atom is 0.341 e. The molecule has 3 rings (SSSR count). The number of anilines is 1. The van der Waals surface area contributed by atoms with Gasteiger partial charge in [0.25, 0.3) is 0 Å². The molecule has 1 N–H and O–H groups in total. The molecular formula is C22H24N2O3S3. The van der Waals surface area contributed by atoms with Crippen molar-refractivity contribution in [3.05, 3.63) is 52.3 Å². The molecule has 0 atom stereocenters. The molecule has 0 aliphatic carbocycles. The summed E-state index contributed by atoms with van der Waals surface area (Å²) in [7, 11) is 0. The lowest BCUT2D eigenvalue weighted by molar-refractivity contribution is -0.113. The van der Waals surface area contributed by atoms with Gasteiger partial charge < -0.3 is 10.1 Å². The summed E-state index contributed by atoms with van der Waals surface area (Å²) in [4.78, 5) is 29.8. The van der Waals surface area contributed by atoms with Gasteiger partial charge in [-0.05, 0) is 12.5 Å². The lowest BCUT2D eigenvalue weighted by Gasteiger charge is -2.14. The summed E-state index contributed by atoms with van der Waals surface area (Å²) < 4.78 is 6.10. The van der Waals surface area contributed by atoms with Crippen molar-refractivity contribution in [2.45, 2.75) is 37.4 Å². The third-order valence-electron chi connectivity index (χ3n) is 4.19. The van der Waals surface area contributed by atoms with Crippen LogP contribution < -0.4 is 5.32 Å².